The molecule has 0 spiro atoms. The van der Waals surface area contributed by atoms with Crippen molar-refractivity contribution >= 4 is 11.8 Å². The maximum atomic E-state index is 13.3. The molecule has 2 nitrogen and oxygen atoms in total. The van der Waals surface area contributed by atoms with Crippen LogP contribution in [0.5, 0.6) is 5.75 Å². The number of benzene rings is 1. The first-order valence-electron chi connectivity index (χ1n) is 4.80. The van der Waals surface area contributed by atoms with Gasteiger partial charge in [-0.05, 0) is 24.0 Å². The topological polar surface area (TPSA) is 21.3 Å². The standard InChI is InChI=1S/C11H16FNOS/c1-14-11-4-3-9(7-10(11)12)8-13-5-6-15-2/h3-4,7,13H,5-6,8H2,1-2H3. The van der Waals surface area contributed by atoms with Crippen molar-refractivity contribution < 1.29 is 9.13 Å². The number of methoxy groups -OCH3 is 1. The van der Waals surface area contributed by atoms with Gasteiger partial charge in [-0.25, -0.2) is 4.39 Å². The van der Waals surface area contributed by atoms with Crippen molar-refractivity contribution in [2.24, 2.45) is 0 Å². The summed E-state index contributed by atoms with van der Waals surface area (Å²) in [6, 6.07) is 5.03. The predicted molar refractivity (Wildman–Crippen MR) is 63.0 cm³/mol. The van der Waals surface area contributed by atoms with E-state index in [1.807, 2.05) is 6.07 Å². The average molecular weight is 229 g/mol. The van der Waals surface area contributed by atoms with Crippen LogP contribution in [-0.2, 0) is 6.54 Å². The Balaban J connectivity index is 2.45. The zero-order valence-electron chi connectivity index (χ0n) is 9.05. The Labute approximate surface area is 94.2 Å². The summed E-state index contributed by atoms with van der Waals surface area (Å²) in [5.41, 5.74) is 0.939. The first-order chi connectivity index (χ1) is 7.27. The number of nitrogens with one attached hydrogen (secondary N) is 1. The minimum absolute atomic E-state index is 0.294. The van der Waals surface area contributed by atoms with E-state index < -0.39 is 0 Å². The third-order valence-corrected chi connectivity index (χ3v) is 2.64. The van der Waals surface area contributed by atoms with E-state index in [0.29, 0.717) is 12.3 Å². The quantitative estimate of drug-likeness (QED) is 0.756. The number of ether oxygens (including phenoxy) is 1. The third-order valence-electron chi connectivity index (χ3n) is 2.03. The highest BCUT2D eigenvalue weighted by Gasteiger charge is 2.02. The van der Waals surface area contributed by atoms with Crippen LogP contribution in [0.3, 0.4) is 0 Å². The molecule has 0 aliphatic carbocycles. The van der Waals surface area contributed by atoms with E-state index in [1.54, 1.807) is 17.8 Å². The second kappa shape index (κ2) is 6.69. The van der Waals surface area contributed by atoms with E-state index in [1.165, 1.54) is 13.2 Å². The van der Waals surface area contributed by atoms with Crippen LogP contribution in [0.4, 0.5) is 4.39 Å². The number of rotatable bonds is 6. The van der Waals surface area contributed by atoms with Crippen molar-refractivity contribution in [1.29, 1.82) is 0 Å². The number of thioether (sulfide) groups is 1. The molecular formula is C11H16FNOS. The molecule has 4 heteroatoms. The van der Waals surface area contributed by atoms with Crippen LogP contribution in [0.25, 0.3) is 0 Å². The maximum Gasteiger partial charge on any atom is 0.165 e. The summed E-state index contributed by atoms with van der Waals surface area (Å²) in [7, 11) is 1.47. The number of halogens is 1. The van der Waals surface area contributed by atoms with Crippen molar-refractivity contribution in [3.8, 4) is 5.75 Å². The summed E-state index contributed by atoms with van der Waals surface area (Å²) < 4.78 is 18.1. The molecule has 0 aromatic heterocycles. The predicted octanol–water partition coefficient (Wildman–Crippen LogP) is 2.29. The summed E-state index contributed by atoms with van der Waals surface area (Å²) in [5, 5.41) is 3.24. The van der Waals surface area contributed by atoms with Gasteiger partial charge >= 0.3 is 0 Å². The average Bonchev–Trinajstić information content (AvgIpc) is 2.25. The highest BCUT2D eigenvalue weighted by Crippen LogP contribution is 2.17. The Morgan fingerprint density at radius 3 is 2.87 bits per heavy atom. The van der Waals surface area contributed by atoms with Crippen LogP contribution >= 0.6 is 11.8 Å². The second-order valence-electron chi connectivity index (χ2n) is 3.14. The molecule has 15 heavy (non-hydrogen) atoms. The number of hydrogen-bond acceptors (Lipinski definition) is 3. The van der Waals surface area contributed by atoms with Crippen molar-refractivity contribution in [2.75, 3.05) is 25.7 Å². The summed E-state index contributed by atoms with van der Waals surface area (Å²) in [4.78, 5) is 0. The minimum Gasteiger partial charge on any atom is -0.494 e. The molecule has 0 aliphatic heterocycles. The Morgan fingerprint density at radius 2 is 2.27 bits per heavy atom. The van der Waals surface area contributed by atoms with Crippen molar-refractivity contribution in [2.45, 2.75) is 6.54 Å². The minimum atomic E-state index is -0.304. The molecule has 1 N–H and O–H groups in total. The normalized spacial score (nSPS) is 10.3. The van der Waals surface area contributed by atoms with E-state index in [9.17, 15) is 4.39 Å². The third kappa shape index (κ3) is 4.10. The fourth-order valence-corrected chi connectivity index (χ4v) is 1.58. The van der Waals surface area contributed by atoms with Crippen LogP contribution in [-0.4, -0.2) is 25.7 Å². The van der Waals surface area contributed by atoms with Crippen LogP contribution in [0.1, 0.15) is 5.56 Å². The van der Waals surface area contributed by atoms with Gasteiger partial charge in [0, 0.05) is 18.8 Å². The Morgan fingerprint density at radius 1 is 1.47 bits per heavy atom. The smallest absolute Gasteiger partial charge is 0.165 e. The lowest BCUT2D eigenvalue weighted by atomic mass is 10.2. The molecule has 0 amide bonds. The van der Waals surface area contributed by atoms with E-state index in [4.69, 9.17) is 4.74 Å². The lowest BCUT2D eigenvalue weighted by Gasteiger charge is -2.06. The Hall–Kier alpha value is -0.740. The van der Waals surface area contributed by atoms with Crippen LogP contribution in [0, 0.1) is 5.82 Å². The molecule has 0 saturated carbocycles. The summed E-state index contributed by atoms with van der Waals surface area (Å²) in [6.07, 6.45) is 2.06. The largest absolute Gasteiger partial charge is 0.494 e. The van der Waals surface area contributed by atoms with Crippen LogP contribution in [0.15, 0.2) is 18.2 Å². The lowest BCUT2D eigenvalue weighted by molar-refractivity contribution is 0.386. The van der Waals surface area contributed by atoms with Gasteiger partial charge in [0.15, 0.2) is 11.6 Å². The van der Waals surface area contributed by atoms with Crippen LogP contribution in [0.2, 0.25) is 0 Å². The molecule has 0 fully saturated rings. The number of hydrogen-bond donors (Lipinski definition) is 1. The van der Waals surface area contributed by atoms with Crippen LogP contribution < -0.4 is 10.1 Å². The summed E-state index contributed by atoms with van der Waals surface area (Å²) in [5.74, 6) is 1.06. The molecule has 0 atom stereocenters. The van der Waals surface area contributed by atoms with E-state index in [0.717, 1.165) is 17.9 Å². The summed E-state index contributed by atoms with van der Waals surface area (Å²) >= 11 is 1.79. The lowest BCUT2D eigenvalue weighted by Crippen LogP contribution is -2.16. The van der Waals surface area contributed by atoms with Gasteiger partial charge < -0.3 is 10.1 Å². The van der Waals surface area contributed by atoms with Crippen molar-refractivity contribution in [3.63, 3.8) is 0 Å². The SMILES string of the molecule is COc1ccc(CNCCSC)cc1F. The fraction of sp³-hybridized carbons (Fsp3) is 0.455. The fourth-order valence-electron chi connectivity index (χ4n) is 1.23. The Bertz CT molecular complexity index is 307. The van der Waals surface area contributed by atoms with E-state index in [2.05, 4.69) is 11.6 Å². The maximum absolute atomic E-state index is 13.3. The van der Waals surface area contributed by atoms with Gasteiger partial charge in [0.25, 0.3) is 0 Å². The van der Waals surface area contributed by atoms with Gasteiger partial charge in [-0.1, -0.05) is 6.07 Å². The van der Waals surface area contributed by atoms with Crippen molar-refractivity contribution in [3.05, 3.63) is 29.6 Å². The molecule has 0 aliphatic rings. The first-order valence-corrected chi connectivity index (χ1v) is 6.19. The van der Waals surface area contributed by atoms with Gasteiger partial charge in [0.1, 0.15) is 0 Å². The molecule has 0 radical (unpaired) electrons. The zero-order valence-corrected chi connectivity index (χ0v) is 9.86. The molecule has 0 bridgehead atoms. The van der Waals surface area contributed by atoms with Gasteiger partial charge in [-0.3, -0.25) is 0 Å². The highest BCUT2D eigenvalue weighted by atomic mass is 32.2. The molecule has 1 rings (SSSR count). The van der Waals surface area contributed by atoms with Crippen molar-refractivity contribution in [1.82, 2.24) is 5.32 Å². The van der Waals surface area contributed by atoms with Gasteiger partial charge in [-0.2, -0.15) is 11.8 Å². The Kier molecular flexibility index (Phi) is 5.50. The van der Waals surface area contributed by atoms with Gasteiger partial charge in [0.2, 0.25) is 0 Å². The second-order valence-corrected chi connectivity index (χ2v) is 4.12. The van der Waals surface area contributed by atoms with Gasteiger partial charge in [0.05, 0.1) is 7.11 Å². The molecule has 0 unspecified atom stereocenters. The molecule has 0 heterocycles. The zero-order chi connectivity index (χ0) is 11.1. The molecule has 84 valence electrons. The van der Waals surface area contributed by atoms with E-state index >= 15 is 0 Å². The molecule has 0 saturated heterocycles. The highest BCUT2D eigenvalue weighted by molar-refractivity contribution is 7.98. The molecule has 1 aromatic carbocycles. The first kappa shape index (κ1) is 12.3. The molecular weight excluding hydrogens is 213 g/mol. The summed E-state index contributed by atoms with van der Waals surface area (Å²) in [6.45, 7) is 1.64. The van der Waals surface area contributed by atoms with E-state index in [-0.39, 0.29) is 5.82 Å². The monoisotopic (exact) mass is 229 g/mol. The van der Waals surface area contributed by atoms with Gasteiger partial charge in [-0.15, -0.1) is 0 Å². The molecule has 1 aromatic rings.